The molecule has 2 heterocycles. The van der Waals surface area contributed by atoms with Gasteiger partial charge in [0.1, 0.15) is 85.3 Å². The van der Waals surface area contributed by atoms with Crippen molar-refractivity contribution in [3.63, 3.8) is 0 Å². The number of ether oxygens (including phenoxy) is 6. The number of aliphatic hydroxyl groups excluding tert-OH is 8. The SMILES string of the molecule is CC(=O)NC1C(OP(=O)(O)OP(=O)(O)OCC=C(C)CCC=C(C)CCC=C(C)CCC=C(C)CCC=C(C)CCC=C(C)CCC=C(C)CCC=C(C)CCC=C(C)CCC=C(C)CCC=C(C)C)OC(CO)C(OC2OC(COCC(O)COP(=O)(O)OCC(O)COP(=O)(O)O)C(OCC(O)COP(=O)(O)OCC(O)COP(=O)(O)O)C(OCC(O)COP(=O)(O)OCC(O)COP(=O)(O)O)C2NC(C)=O)C1O. The first-order valence-corrected chi connectivity index (χ1v) is 59.5. The van der Waals surface area contributed by atoms with E-state index in [1.165, 1.54) is 56.2 Å². The van der Waals surface area contributed by atoms with Crippen LogP contribution >= 0.6 is 62.6 Å². The van der Waals surface area contributed by atoms with Gasteiger partial charge in [0.25, 0.3) is 0 Å². The van der Waals surface area contributed by atoms with Crippen molar-refractivity contribution >= 4 is 74.4 Å². The van der Waals surface area contributed by atoms with Gasteiger partial charge in [0.15, 0.2) is 12.6 Å². The number of aliphatic hydroxyl groups is 8. The molecule has 0 aromatic heterocycles. The predicted molar refractivity (Wildman–Crippen MR) is 533 cm³/mol. The molecule has 2 amide bonds. The second-order valence-electron chi connectivity index (χ2n) is 36.0. The van der Waals surface area contributed by atoms with E-state index in [2.05, 4.69) is 172 Å². The summed E-state index contributed by atoms with van der Waals surface area (Å²) in [6.07, 6.45) is 14.7. The highest BCUT2D eigenvalue weighted by molar-refractivity contribution is 7.61. The zero-order valence-electron chi connectivity index (χ0n) is 85.3. The number of carbonyl (C=O) groups is 2. The van der Waals surface area contributed by atoms with Gasteiger partial charge in [-0.2, -0.15) is 4.31 Å². The first kappa shape index (κ1) is 138. The summed E-state index contributed by atoms with van der Waals surface area (Å²) < 4.78 is 190. The Morgan fingerprint density at radius 3 is 0.870 bits per heavy atom. The first-order valence-electron chi connectivity index (χ1n) is 47.4. The fraction of sp³-hybridized carbons (Fsp3) is 0.730. The van der Waals surface area contributed by atoms with Crippen LogP contribution in [0.5, 0.6) is 0 Å². The monoisotopic (exact) mass is 2260 g/mol. The third kappa shape index (κ3) is 69.3. The molecule has 146 heavy (non-hydrogen) atoms. The van der Waals surface area contributed by atoms with Crippen molar-refractivity contribution in [1.82, 2.24) is 10.6 Å². The number of phosphoric acid groups is 8. The fourth-order valence-corrected chi connectivity index (χ4v) is 19.3. The lowest BCUT2D eigenvalue weighted by Crippen LogP contribution is -2.70. The van der Waals surface area contributed by atoms with Gasteiger partial charge in [0, 0.05) is 13.8 Å². The maximum absolute atomic E-state index is 13.8. The lowest BCUT2D eigenvalue weighted by atomic mass is 9.94. The standard InChI is InChI=1S/C89H160N2O47P8/c1-61(2)25-15-26-62(3)27-16-28-63(4)29-17-30-64(5)31-18-32-65(6)33-19-34-66(7)35-20-36-67(8)37-21-38-68(9)39-22-40-69(10)41-23-42-70(11)43-24-44-71(12)45-46-124-145(117,118)138-146(119,120)137-89-82(90-72(13)93)84(101)85(80(47-92)134-89)136-88-83(91-73(14)94)87(123-50-76(97)56-130-144(115,116)133-59-79(100)53-127-141(108,109)110)86(122-49-75(96)55-129-143(113,114)132-58-78(99)52-126-140(105,106)107)81(135-88)60-121-48-74(95)54-128-142(111,112)131-57-77(98)51-125-139(102,103)104/h25,27,29,31,33,35,37,39,41,43,45,74-89,92,95-101H,15-24,26,28,30,32,34,36,38,40,42,44,46-60H2,1-14H3,(H,90,93)(H,91,94)(H,111,112)(H,113,114)(H,115,116)(H,117,118)(H,119,120)(H2,102,103,104)(H2,105,106,107)(H2,108,109,110). The number of rotatable bonds is 79. The van der Waals surface area contributed by atoms with Crippen LogP contribution in [0.25, 0.3) is 0 Å². The van der Waals surface area contributed by atoms with E-state index in [4.69, 9.17) is 80.4 Å². The van der Waals surface area contributed by atoms with E-state index in [1.807, 2.05) is 6.92 Å². The van der Waals surface area contributed by atoms with E-state index < -0.39 is 271 Å². The Bertz CT molecular complexity index is 4650. The molecule has 0 saturated carbocycles. The van der Waals surface area contributed by atoms with Crippen LogP contribution in [0.1, 0.15) is 225 Å². The third-order valence-corrected chi connectivity index (χ3v) is 28.4. The van der Waals surface area contributed by atoms with Gasteiger partial charge in [-0.1, -0.05) is 128 Å². The second kappa shape index (κ2) is 71.6. The molecule has 0 spiro atoms. The number of nitrogens with one attached hydrogen (secondary N) is 2. The zero-order valence-corrected chi connectivity index (χ0v) is 92.5. The Labute approximate surface area is 854 Å². The van der Waals surface area contributed by atoms with Crippen molar-refractivity contribution in [2.45, 2.75) is 323 Å². The van der Waals surface area contributed by atoms with Crippen LogP contribution in [0, 0.1) is 0 Å². The summed E-state index contributed by atoms with van der Waals surface area (Å²) >= 11 is 0. The molecule has 0 bridgehead atoms. The van der Waals surface area contributed by atoms with Crippen LogP contribution in [0.2, 0.25) is 0 Å². The number of hydrogen-bond acceptors (Lipinski definition) is 36. The van der Waals surface area contributed by atoms with E-state index in [9.17, 15) is 111 Å². The summed E-state index contributed by atoms with van der Waals surface area (Å²) in [5.74, 6) is -2.11. The van der Waals surface area contributed by atoms with Gasteiger partial charge < -0.3 is 134 Å². The smallest absolute Gasteiger partial charge is 0.394 e. The van der Waals surface area contributed by atoms with Crippen molar-refractivity contribution in [1.29, 1.82) is 0 Å². The molecule has 0 radical (unpaired) electrons. The molecule has 21 unspecified atom stereocenters. The van der Waals surface area contributed by atoms with E-state index >= 15 is 0 Å². The molecule has 0 aliphatic carbocycles. The molecule has 2 rings (SSSR count). The Morgan fingerprint density at radius 2 is 0.575 bits per heavy atom. The summed E-state index contributed by atoms with van der Waals surface area (Å²) in [5.41, 5.74) is 14.5. The van der Waals surface area contributed by atoms with Gasteiger partial charge in [-0.15, -0.1) is 0 Å². The minimum Gasteiger partial charge on any atom is -0.394 e. The van der Waals surface area contributed by atoms with Crippen LogP contribution in [-0.2, 0) is 129 Å². The summed E-state index contributed by atoms with van der Waals surface area (Å²) in [7, 11) is -43.1. The number of phosphoric ester groups is 8. The van der Waals surface area contributed by atoms with Gasteiger partial charge >= 0.3 is 62.6 Å². The van der Waals surface area contributed by atoms with Crippen molar-refractivity contribution in [2.24, 2.45) is 0 Å². The molecule has 0 aromatic rings. The van der Waals surface area contributed by atoms with E-state index in [0.29, 0.717) is 18.4 Å². The van der Waals surface area contributed by atoms with Crippen molar-refractivity contribution in [3.05, 3.63) is 128 Å². The van der Waals surface area contributed by atoms with Crippen LogP contribution in [0.3, 0.4) is 0 Å². The fourth-order valence-electron chi connectivity index (χ4n) is 13.7. The van der Waals surface area contributed by atoms with E-state index in [-0.39, 0.29) is 0 Å². The molecule has 2 aliphatic heterocycles. The minimum atomic E-state index is -6.00. The second-order valence-corrected chi connectivity index (χ2v) is 47.1. The molecule has 49 nitrogen and oxygen atoms in total. The maximum atomic E-state index is 13.8. The maximum Gasteiger partial charge on any atom is 0.483 e. The molecular weight excluding hydrogens is 2100 g/mol. The summed E-state index contributed by atoms with van der Waals surface area (Å²) in [6.45, 7) is 10.6. The Hall–Kier alpha value is -3.56. The highest BCUT2D eigenvalue weighted by Crippen LogP contribution is 2.62. The first-order chi connectivity index (χ1) is 67.8. The van der Waals surface area contributed by atoms with Gasteiger partial charge in [-0.25, -0.2) is 36.5 Å². The van der Waals surface area contributed by atoms with Crippen molar-refractivity contribution in [3.8, 4) is 0 Å². The largest absolute Gasteiger partial charge is 0.483 e. The van der Waals surface area contributed by atoms with Crippen LogP contribution in [0.15, 0.2) is 128 Å². The van der Waals surface area contributed by atoms with Gasteiger partial charge in [0.2, 0.25) is 11.8 Å². The van der Waals surface area contributed by atoms with Crippen molar-refractivity contribution in [2.75, 3.05) is 99.1 Å². The summed E-state index contributed by atoms with van der Waals surface area (Å²) in [6, 6.07) is -4.19. The number of hydrogen-bond donors (Lipinski definition) is 21. The molecule has 21 atom stereocenters. The molecule has 21 N–H and O–H groups in total. The summed E-state index contributed by atoms with van der Waals surface area (Å²) in [5, 5.41) is 91.0. The van der Waals surface area contributed by atoms with Gasteiger partial charge in [0.05, 0.1) is 99.1 Å². The highest BCUT2D eigenvalue weighted by Gasteiger charge is 2.55. The van der Waals surface area contributed by atoms with E-state index in [1.54, 1.807) is 6.92 Å². The normalized spacial score (nSPS) is 23.3. The molecule has 2 aliphatic rings. The Morgan fingerprint density at radius 1 is 0.308 bits per heavy atom. The quantitative estimate of drug-likeness (QED) is 0.0199. The number of amides is 2. The minimum absolute atomic E-state index is 0.463. The van der Waals surface area contributed by atoms with Gasteiger partial charge in [-0.05, 0) is 212 Å². The predicted octanol–water partition coefficient (Wildman–Crippen LogP) is 11.3. The zero-order chi connectivity index (χ0) is 110. The molecular formula is C89H160N2O47P8. The van der Waals surface area contributed by atoms with Crippen LogP contribution in [0.4, 0.5) is 0 Å². The van der Waals surface area contributed by atoms with Crippen LogP contribution < -0.4 is 10.6 Å². The Balaban J connectivity index is 2.27. The molecule has 2 fully saturated rings. The third-order valence-electron chi connectivity index (χ3n) is 21.5. The highest BCUT2D eigenvalue weighted by atomic mass is 31.3. The summed E-state index contributed by atoms with van der Waals surface area (Å²) in [4.78, 5) is 133. The van der Waals surface area contributed by atoms with Gasteiger partial charge in [-0.3, -0.25) is 59.4 Å². The molecule has 2 saturated heterocycles. The average molecular weight is 2260 g/mol. The van der Waals surface area contributed by atoms with Crippen LogP contribution in [-0.4, -0.2) is 304 Å². The number of carbonyl (C=O) groups excluding carboxylic acids is 2. The average Bonchev–Trinajstić information content (AvgIpc) is 0.765. The lowest BCUT2D eigenvalue weighted by molar-refractivity contribution is -0.334. The van der Waals surface area contributed by atoms with Crippen molar-refractivity contribution < 1.29 is 223 Å². The Kier molecular flexibility index (Phi) is 67.9. The van der Waals surface area contributed by atoms with E-state index in [0.717, 1.165) is 135 Å². The topological polar surface area (TPSA) is 745 Å². The number of allylic oxidation sites excluding steroid dienone is 21. The lowest BCUT2D eigenvalue weighted by Gasteiger charge is -2.49. The molecule has 0 aromatic carbocycles. The molecule has 848 valence electrons. The molecule has 57 heteroatoms.